The van der Waals surface area contributed by atoms with Crippen LogP contribution in [0.5, 0.6) is 0 Å². The largest absolute Gasteiger partial charge is 0.468 e. The number of allylic oxidation sites excluding steroid dienone is 4. The van der Waals surface area contributed by atoms with Gasteiger partial charge in [-0.2, -0.15) is 0 Å². The van der Waals surface area contributed by atoms with Crippen LogP contribution < -0.4 is 0 Å². The van der Waals surface area contributed by atoms with Crippen LogP contribution >= 0.6 is 0 Å². The highest BCUT2D eigenvalue weighted by Gasteiger charge is 2.54. The SMILES string of the molecule is COC(=O)C1(C(=O)OC)CC2=C[C@@H]3CCC[C@@H]3C=C2C1. The Balaban J connectivity index is 1.96. The van der Waals surface area contributed by atoms with Crippen molar-refractivity contribution in [3.63, 3.8) is 0 Å². The Morgan fingerprint density at radius 1 is 1.00 bits per heavy atom. The topological polar surface area (TPSA) is 52.6 Å². The van der Waals surface area contributed by atoms with E-state index in [-0.39, 0.29) is 0 Å². The highest BCUT2D eigenvalue weighted by molar-refractivity contribution is 6.02. The van der Waals surface area contributed by atoms with Crippen LogP contribution in [0, 0.1) is 17.3 Å². The van der Waals surface area contributed by atoms with Crippen molar-refractivity contribution in [3.05, 3.63) is 23.3 Å². The van der Waals surface area contributed by atoms with Crippen molar-refractivity contribution >= 4 is 11.9 Å². The molecule has 0 unspecified atom stereocenters. The average Bonchev–Trinajstić information content (AvgIpc) is 3.06. The van der Waals surface area contributed by atoms with Crippen molar-refractivity contribution < 1.29 is 19.1 Å². The second-order valence-electron chi connectivity index (χ2n) is 6.06. The molecule has 0 spiro atoms. The van der Waals surface area contributed by atoms with E-state index in [4.69, 9.17) is 9.47 Å². The number of ether oxygens (including phenoxy) is 2. The van der Waals surface area contributed by atoms with Gasteiger partial charge in [0.05, 0.1) is 14.2 Å². The first-order chi connectivity index (χ1) is 9.60. The summed E-state index contributed by atoms with van der Waals surface area (Å²) in [6, 6.07) is 0. The van der Waals surface area contributed by atoms with Crippen LogP contribution in [0.4, 0.5) is 0 Å². The first-order valence-electron chi connectivity index (χ1n) is 7.19. The molecule has 0 bridgehead atoms. The highest BCUT2D eigenvalue weighted by Crippen LogP contribution is 2.52. The molecule has 3 rings (SSSR count). The number of hydrogen-bond donors (Lipinski definition) is 0. The van der Waals surface area contributed by atoms with Crippen molar-refractivity contribution in [2.24, 2.45) is 17.3 Å². The van der Waals surface area contributed by atoms with Crippen LogP contribution in [-0.2, 0) is 19.1 Å². The second kappa shape index (κ2) is 4.76. The van der Waals surface area contributed by atoms with Crippen molar-refractivity contribution in [2.75, 3.05) is 14.2 Å². The van der Waals surface area contributed by atoms with Crippen LogP contribution in [0.25, 0.3) is 0 Å². The summed E-state index contributed by atoms with van der Waals surface area (Å²) >= 11 is 0. The van der Waals surface area contributed by atoms with E-state index < -0.39 is 17.4 Å². The molecule has 108 valence electrons. The summed E-state index contributed by atoms with van der Waals surface area (Å²) in [6.45, 7) is 0. The number of fused-ring (bicyclic) bond motifs is 2. The summed E-state index contributed by atoms with van der Waals surface area (Å²) in [6.07, 6.45) is 9.08. The van der Waals surface area contributed by atoms with Gasteiger partial charge in [-0.15, -0.1) is 0 Å². The highest BCUT2D eigenvalue weighted by atomic mass is 16.5. The lowest BCUT2D eigenvalue weighted by atomic mass is 9.85. The number of esters is 2. The summed E-state index contributed by atoms with van der Waals surface area (Å²) in [4.78, 5) is 24.3. The Morgan fingerprint density at radius 3 is 1.85 bits per heavy atom. The fraction of sp³-hybridized carbons (Fsp3) is 0.625. The minimum absolute atomic E-state index is 0.418. The molecule has 0 aromatic heterocycles. The number of carbonyl (C=O) groups excluding carboxylic acids is 2. The predicted molar refractivity (Wildman–Crippen MR) is 72.7 cm³/mol. The summed E-state index contributed by atoms with van der Waals surface area (Å²) in [5.41, 5.74) is 1.12. The fourth-order valence-corrected chi connectivity index (χ4v) is 3.98. The minimum atomic E-state index is -1.17. The van der Waals surface area contributed by atoms with E-state index in [1.54, 1.807) is 0 Å². The summed E-state index contributed by atoms with van der Waals surface area (Å²) in [7, 11) is 2.65. The molecule has 3 aliphatic carbocycles. The zero-order chi connectivity index (χ0) is 14.3. The maximum absolute atomic E-state index is 12.1. The van der Waals surface area contributed by atoms with Crippen LogP contribution in [0.1, 0.15) is 32.1 Å². The van der Waals surface area contributed by atoms with Gasteiger partial charge in [0.1, 0.15) is 0 Å². The minimum Gasteiger partial charge on any atom is -0.468 e. The van der Waals surface area contributed by atoms with Gasteiger partial charge in [-0.05, 0) is 48.7 Å². The smallest absolute Gasteiger partial charge is 0.323 e. The molecule has 4 nitrogen and oxygen atoms in total. The number of rotatable bonds is 2. The molecule has 0 aromatic rings. The molecule has 0 N–H and O–H groups in total. The molecule has 2 atom stereocenters. The molecule has 0 aromatic carbocycles. The molecule has 2 fully saturated rings. The van der Waals surface area contributed by atoms with Gasteiger partial charge in [0.15, 0.2) is 5.41 Å². The Bertz CT molecular complexity index is 469. The molecular formula is C16H20O4. The molecule has 0 saturated heterocycles. The zero-order valence-corrected chi connectivity index (χ0v) is 12.0. The average molecular weight is 276 g/mol. The van der Waals surface area contributed by atoms with Crippen molar-refractivity contribution in [2.45, 2.75) is 32.1 Å². The zero-order valence-electron chi connectivity index (χ0n) is 12.0. The van der Waals surface area contributed by atoms with Gasteiger partial charge >= 0.3 is 11.9 Å². The first kappa shape index (κ1) is 13.4. The standard InChI is InChI=1S/C16H20O4/c1-19-14(17)16(15(18)20-2)8-12-6-10-4-3-5-11(10)7-13(12)9-16/h6-7,10-11H,3-5,8-9H2,1-2H3/t10-,11+. The van der Waals surface area contributed by atoms with Crippen LogP contribution in [-0.4, -0.2) is 26.2 Å². The number of methoxy groups -OCH3 is 2. The molecular weight excluding hydrogens is 256 g/mol. The number of hydrogen-bond acceptors (Lipinski definition) is 4. The van der Waals surface area contributed by atoms with E-state index in [1.165, 1.54) is 33.5 Å². The van der Waals surface area contributed by atoms with E-state index in [0.29, 0.717) is 24.7 Å². The second-order valence-corrected chi connectivity index (χ2v) is 6.06. The quantitative estimate of drug-likeness (QED) is 0.574. The Hall–Kier alpha value is -1.58. The molecule has 20 heavy (non-hydrogen) atoms. The monoisotopic (exact) mass is 276 g/mol. The first-order valence-corrected chi connectivity index (χ1v) is 7.19. The van der Waals surface area contributed by atoms with Gasteiger partial charge in [0.25, 0.3) is 0 Å². The third kappa shape index (κ3) is 1.81. The molecule has 2 saturated carbocycles. The summed E-state index contributed by atoms with van der Waals surface area (Å²) in [5.74, 6) is 0.205. The van der Waals surface area contributed by atoms with Gasteiger partial charge in [-0.25, -0.2) is 0 Å². The maximum atomic E-state index is 12.1. The van der Waals surface area contributed by atoms with Gasteiger partial charge < -0.3 is 9.47 Å². The van der Waals surface area contributed by atoms with E-state index in [1.807, 2.05) is 0 Å². The number of carbonyl (C=O) groups is 2. The molecule has 0 radical (unpaired) electrons. The van der Waals surface area contributed by atoms with E-state index in [0.717, 1.165) is 11.1 Å². The van der Waals surface area contributed by atoms with Crippen LogP contribution in [0.3, 0.4) is 0 Å². The summed E-state index contributed by atoms with van der Waals surface area (Å²) < 4.78 is 9.73. The molecule has 4 heteroatoms. The molecule has 3 aliphatic rings. The summed E-state index contributed by atoms with van der Waals surface area (Å²) in [5, 5.41) is 0. The van der Waals surface area contributed by atoms with Crippen LogP contribution in [0.15, 0.2) is 23.3 Å². The maximum Gasteiger partial charge on any atom is 0.323 e. The third-order valence-electron chi connectivity index (χ3n) is 5.00. The van der Waals surface area contributed by atoms with Gasteiger partial charge in [0, 0.05) is 0 Å². The lowest BCUT2D eigenvalue weighted by molar-refractivity contribution is -0.168. The molecule has 0 amide bonds. The third-order valence-corrected chi connectivity index (χ3v) is 5.00. The van der Waals surface area contributed by atoms with E-state index in [2.05, 4.69) is 12.2 Å². The Labute approximate surface area is 118 Å². The van der Waals surface area contributed by atoms with E-state index in [9.17, 15) is 9.59 Å². The van der Waals surface area contributed by atoms with Gasteiger partial charge in [-0.1, -0.05) is 18.6 Å². The Kier molecular flexibility index (Phi) is 3.19. The van der Waals surface area contributed by atoms with E-state index >= 15 is 0 Å². The molecule has 0 heterocycles. The van der Waals surface area contributed by atoms with Gasteiger partial charge in [0.2, 0.25) is 0 Å². The van der Waals surface area contributed by atoms with Gasteiger partial charge in [-0.3, -0.25) is 9.59 Å². The van der Waals surface area contributed by atoms with Crippen molar-refractivity contribution in [3.8, 4) is 0 Å². The van der Waals surface area contributed by atoms with Crippen molar-refractivity contribution in [1.29, 1.82) is 0 Å². The predicted octanol–water partition coefficient (Wildman–Crippen LogP) is 2.40. The lowest BCUT2D eigenvalue weighted by Gasteiger charge is -2.21. The molecule has 0 aliphatic heterocycles. The normalized spacial score (nSPS) is 29.9. The van der Waals surface area contributed by atoms with Crippen LogP contribution in [0.2, 0.25) is 0 Å². The van der Waals surface area contributed by atoms with Crippen molar-refractivity contribution in [1.82, 2.24) is 0 Å². The fourth-order valence-electron chi connectivity index (χ4n) is 3.98. The lowest BCUT2D eigenvalue weighted by Crippen LogP contribution is -2.38. The Morgan fingerprint density at radius 2 is 1.45 bits per heavy atom.